The fraction of sp³-hybridized carbons (Fsp3) is 0.500. The van der Waals surface area contributed by atoms with Crippen LogP contribution in [0.3, 0.4) is 0 Å². The zero-order valence-electron chi connectivity index (χ0n) is 13.1. The van der Waals surface area contributed by atoms with E-state index in [1.165, 1.54) is 61.3 Å². The maximum absolute atomic E-state index is 3.52. The smallest absolute Gasteiger partial charge is 0.0317 e. The van der Waals surface area contributed by atoms with Crippen LogP contribution < -0.4 is 5.32 Å². The van der Waals surface area contributed by atoms with Gasteiger partial charge in [-0.2, -0.15) is 0 Å². The van der Waals surface area contributed by atoms with Gasteiger partial charge in [-0.05, 0) is 48.2 Å². The van der Waals surface area contributed by atoms with Crippen molar-refractivity contribution in [2.24, 2.45) is 5.92 Å². The molecule has 1 fully saturated rings. The molecule has 2 aromatic carbocycles. The topological polar surface area (TPSA) is 12.0 Å². The van der Waals surface area contributed by atoms with E-state index in [1.807, 2.05) is 0 Å². The third-order valence-electron chi connectivity index (χ3n) is 5.11. The van der Waals surface area contributed by atoms with E-state index < -0.39 is 0 Å². The summed E-state index contributed by atoms with van der Waals surface area (Å²) in [5.74, 6) is 0.968. The Kier molecular flexibility index (Phi) is 4.92. The molecule has 0 aromatic heterocycles. The molecule has 112 valence electrons. The molecule has 1 aliphatic carbocycles. The van der Waals surface area contributed by atoms with Gasteiger partial charge < -0.3 is 5.32 Å². The number of nitrogens with one attached hydrogen (secondary N) is 1. The summed E-state index contributed by atoms with van der Waals surface area (Å²) >= 11 is 0. The summed E-state index contributed by atoms with van der Waals surface area (Å²) in [5.41, 5.74) is 1.44. The van der Waals surface area contributed by atoms with Gasteiger partial charge >= 0.3 is 0 Å². The van der Waals surface area contributed by atoms with E-state index in [4.69, 9.17) is 0 Å². The van der Waals surface area contributed by atoms with Crippen molar-refractivity contribution in [2.75, 3.05) is 7.05 Å². The van der Waals surface area contributed by atoms with E-state index in [2.05, 4.69) is 54.8 Å². The Balaban J connectivity index is 1.68. The summed E-state index contributed by atoms with van der Waals surface area (Å²) in [5, 5.41) is 6.21. The highest BCUT2D eigenvalue weighted by Crippen LogP contribution is 2.31. The van der Waals surface area contributed by atoms with Crippen molar-refractivity contribution in [1.29, 1.82) is 0 Å². The molecular formula is C20H27N. The Morgan fingerprint density at radius 1 is 1.00 bits per heavy atom. The largest absolute Gasteiger partial charge is 0.313 e. The predicted molar refractivity (Wildman–Crippen MR) is 91.6 cm³/mol. The zero-order chi connectivity index (χ0) is 14.5. The molecule has 1 heteroatoms. The van der Waals surface area contributed by atoms with Crippen LogP contribution in [0.5, 0.6) is 0 Å². The molecule has 0 radical (unpaired) electrons. The lowest BCUT2D eigenvalue weighted by Crippen LogP contribution is -2.18. The average Bonchev–Trinajstić information content (AvgIpc) is 2.56. The molecular weight excluding hydrogens is 254 g/mol. The first-order chi connectivity index (χ1) is 10.4. The summed E-state index contributed by atoms with van der Waals surface area (Å²) in [6, 6.07) is 16.1. The lowest BCUT2D eigenvalue weighted by Gasteiger charge is -2.24. The molecule has 0 saturated heterocycles. The third kappa shape index (κ3) is 3.65. The minimum Gasteiger partial charge on any atom is -0.313 e. The Bertz CT molecular complexity index is 569. The van der Waals surface area contributed by atoms with Crippen LogP contribution in [0, 0.1) is 5.92 Å². The molecule has 0 amide bonds. The summed E-state index contributed by atoms with van der Waals surface area (Å²) in [6.45, 7) is 0. The molecule has 21 heavy (non-hydrogen) atoms. The van der Waals surface area contributed by atoms with Crippen LogP contribution in [0.1, 0.15) is 56.6 Å². The molecule has 1 aliphatic rings. The van der Waals surface area contributed by atoms with Crippen molar-refractivity contribution >= 4 is 10.8 Å². The van der Waals surface area contributed by atoms with Gasteiger partial charge in [0.25, 0.3) is 0 Å². The van der Waals surface area contributed by atoms with Crippen LogP contribution in [-0.2, 0) is 0 Å². The predicted octanol–water partition coefficient (Wildman–Crippen LogP) is 5.46. The Morgan fingerprint density at radius 3 is 2.52 bits per heavy atom. The zero-order valence-corrected chi connectivity index (χ0v) is 13.1. The van der Waals surface area contributed by atoms with Gasteiger partial charge in [-0.1, -0.05) is 68.5 Å². The lowest BCUT2D eigenvalue weighted by atomic mass is 9.84. The molecule has 2 aromatic rings. The van der Waals surface area contributed by atoms with Crippen molar-refractivity contribution in [2.45, 2.75) is 51.0 Å². The Hall–Kier alpha value is -1.34. The van der Waals surface area contributed by atoms with Gasteiger partial charge in [0, 0.05) is 6.04 Å². The van der Waals surface area contributed by atoms with Crippen molar-refractivity contribution in [3.8, 4) is 0 Å². The van der Waals surface area contributed by atoms with Gasteiger partial charge in [-0.3, -0.25) is 0 Å². The van der Waals surface area contributed by atoms with E-state index in [1.54, 1.807) is 0 Å². The quantitative estimate of drug-likeness (QED) is 0.767. The average molecular weight is 281 g/mol. The van der Waals surface area contributed by atoms with E-state index in [0.717, 1.165) is 5.92 Å². The molecule has 1 unspecified atom stereocenters. The van der Waals surface area contributed by atoms with E-state index in [9.17, 15) is 0 Å². The summed E-state index contributed by atoms with van der Waals surface area (Å²) < 4.78 is 0. The summed E-state index contributed by atoms with van der Waals surface area (Å²) in [7, 11) is 2.10. The van der Waals surface area contributed by atoms with Gasteiger partial charge in [-0.15, -0.1) is 0 Å². The van der Waals surface area contributed by atoms with Crippen LogP contribution in [0.15, 0.2) is 42.5 Å². The van der Waals surface area contributed by atoms with E-state index >= 15 is 0 Å². The van der Waals surface area contributed by atoms with Gasteiger partial charge in [0.05, 0.1) is 0 Å². The number of fused-ring (bicyclic) bond motifs is 1. The summed E-state index contributed by atoms with van der Waals surface area (Å²) in [4.78, 5) is 0. The van der Waals surface area contributed by atoms with Crippen molar-refractivity contribution in [1.82, 2.24) is 5.32 Å². The monoisotopic (exact) mass is 281 g/mol. The fourth-order valence-corrected chi connectivity index (χ4v) is 3.78. The van der Waals surface area contributed by atoms with E-state index in [-0.39, 0.29) is 0 Å². The van der Waals surface area contributed by atoms with Crippen LogP contribution >= 0.6 is 0 Å². The van der Waals surface area contributed by atoms with Crippen LogP contribution in [0.25, 0.3) is 10.8 Å². The normalized spacial score (nSPS) is 18.0. The molecule has 0 spiro atoms. The Labute approximate surface area is 128 Å². The Morgan fingerprint density at radius 2 is 1.76 bits per heavy atom. The minimum atomic E-state index is 0.497. The minimum absolute atomic E-state index is 0.497. The van der Waals surface area contributed by atoms with Gasteiger partial charge in [0.15, 0.2) is 0 Å². The molecule has 1 nitrogen and oxygen atoms in total. The molecule has 1 atom stereocenters. The van der Waals surface area contributed by atoms with Crippen molar-refractivity contribution in [3.63, 3.8) is 0 Å². The van der Waals surface area contributed by atoms with Crippen molar-refractivity contribution < 1.29 is 0 Å². The maximum Gasteiger partial charge on any atom is 0.0317 e. The third-order valence-corrected chi connectivity index (χ3v) is 5.11. The van der Waals surface area contributed by atoms with Crippen molar-refractivity contribution in [3.05, 3.63) is 48.0 Å². The highest BCUT2D eigenvalue weighted by Gasteiger charge is 2.16. The van der Waals surface area contributed by atoms with Crippen LogP contribution in [-0.4, -0.2) is 7.05 Å². The maximum atomic E-state index is 3.52. The second-order valence-electron chi connectivity index (χ2n) is 6.53. The van der Waals surface area contributed by atoms with Gasteiger partial charge in [-0.25, -0.2) is 0 Å². The highest BCUT2D eigenvalue weighted by atomic mass is 14.9. The molecule has 3 rings (SSSR count). The first-order valence-corrected chi connectivity index (χ1v) is 8.53. The van der Waals surface area contributed by atoms with Gasteiger partial charge in [0.1, 0.15) is 0 Å². The highest BCUT2D eigenvalue weighted by molar-refractivity contribution is 5.83. The summed E-state index contributed by atoms with van der Waals surface area (Å²) in [6.07, 6.45) is 9.90. The molecule has 0 heterocycles. The number of hydrogen-bond donors (Lipinski definition) is 1. The van der Waals surface area contributed by atoms with Crippen LogP contribution in [0.2, 0.25) is 0 Å². The number of hydrogen-bond acceptors (Lipinski definition) is 1. The molecule has 1 saturated carbocycles. The first-order valence-electron chi connectivity index (χ1n) is 8.53. The SMILES string of the molecule is CNC(CCC1CCCCC1)c1ccc2ccccc2c1. The fourth-order valence-electron chi connectivity index (χ4n) is 3.78. The molecule has 0 aliphatic heterocycles. The number of benzene rings is 2. The van der Waals surface area contributed by atoms with Gasteiger partial charge in [0.2, 0.25) is 0 Å². The molecule has 0 bridgehead atoms. The second kappa shape index (κ2) is 7.09. The molecule has 1 N–H and O–H groups in total. The standard InChI is InChI=1S/C20H27N/c1-21-20(14-11-16-7-3-2-4-8-16)19-13-12-17-9-5-6-10-18(17)15-19/h5-6,9-10,12-13,15-16,20-21H,2-4,7-8,11,14H2,1H3. The van der Waals surface area contributed by atoms with Crippen LogP contribution in [0.4, 0.5) is 0 Å². The number of rotatable bonds is 5. The lowest BCUT2D eigenvalue weighted by molar-refractivity contribution is 0.317. The second-order valence-corrected chi connectivity index (χ2v) is 6.53. The first kappa shape index (κ1) is 14.6. The van der Waals surface area contributed by atoms with E-state index in [0.29, 0.717) is 6.04 Å².